The number of fused-ring (bicyclic) bond motifs is 1. The Hall–Kier alpha value is -3.39. The Labute approximate surface area is 202 Å². The molecule has 8 heteroatoms. The zero-order chi connectivity index (χ0) is 24.0. The molecule has 3 aromatic rings. The van der Waals surface area contributed by atoms with Gasteiger partial charge < -0.3 is 15.0 Å². The first-order valence-electron chi connectivity index (χ1n) is 12.0. The van der Waals surface area contributed by atoms with Crippen molar-refractivity contribution in [3.8, 4) is 11.3 Å². The minimum Gasteiger partial charge on any atom is -0.381 e. The Morgan fingerprint density at radius 2 is 1.86 bits per heavy atom. The predicted octanol–water partition coefficient (Wildman–Crippen LogP) is 4.26. The third-order valence-electron chi connectivity index (χ3n) is 7.59. The lowest BCUT2D eigenvalue weighted by Gasteiger charge is -2.39. The summed E-state index contributed by atoms with van der Waals surface area (Å²) in [5.74, 6) is -1.59. The number of halogens is 2. The van der Waals surface area contributed by atoms with Crippen LogP contribution in [0.1, 0.15) is 46.6 Å². The van der Waals surface area contributed by atoms with Gasteiger partial charge in [0, 0.05) is 31.8 Å². The largest absolute Gasteiger partial charge is 0.381 e. The molecular formula is C27H26F2N4O2. The van der Waals surface area contributed by atoms with Gasteiger partial charge in [-0.05, 0) is 60.6 Å². The molecule has 1 amide bonds. The highest BCUT2D eigenvalue weighted by Crippen LogP contribution is 2.40. The van der Waals surface area contributed by atoms with Gasteiger partial charge in [0.05, 0.1) is 47.6 Å². The smallest absolute Gasteiger partial charge is 0.253 e. The van der Waals surface area contributed by atoms with Gasteiger partial charge in [0.15, 0.2) is 0 Å². The standard InChI is InChI=1S/C27H26F2N4O2/c28-20-2-1-3-21(29)25(20)22-13-17(24-23(32-22)15-31-26(24)34)12-18-4-5-19(14-30-18)33-9-6-27(7-10-33)8-11-35-16-27/h1-5,13-14H,6-12,15-16H2,(H,31,34). The molecule has 1 aromatic carbocycles. The molecule has 0 bridgehead atoms. The van der Waals surface area contributed by atoms with E-state index in [-0.39, 0.29) is 23.7 Å². The highest BCUT2D eigenvalue weighted by Gasteiger charge is 2.38. The Morgan fingerprint density at radius 3 is 2.54 bits per heavy atom. The SMILES string of the molecule is O=C1NCc2nc(-c3c(F)cccc3F)cc(Cc3ccc(N4CCC5(CCOC5)CC4)cn3)c21. The summed E-state index contributed by atoms with van der Waals surface area (Å²) >= 11 is 0. The van der Waals surface area contributed by atoms with E-state index in [1.54, 1.807) is 6.07 Å². The lowest BCUT2D eigenvalue weighted by Crippen LogP contribution is -2.40. The predicted molar refractivity (Wildman–Crippen MR) is 127 cm³/mol. The fraction of sp³-hybridized carbons (Fsp3) is 0.370. The molecule has 2 saturated heterocycles. The van der Waals surface area contributed by atoms with E-state index in [1.165, 1.54) is 18.2 Å². The summed E-state index contributed by atoms with van der Waals surface area (Å²) in [5.41, 5.74) is 3.83. The lowest BCUT2D eigenvalue weighted by molar-refractivity contribution is 0.0965. The minimum atomic E-state index is -0.685. The number of hydrogen-bond donors (Lipinski definition) is 1. The number of amides is 1. The normalized spacial score (nSPS) is 18.7. The third kappa shape index (κ3) is 4.05. The summed E-state index contributed by atoms with van der Waals surface area (Å²) in [5, 5.41) is 2.77. The van der Waals surface area contributed by atoms with Crippen LogP contribution in [0.2, 0.25) is 0 Å². The molecule has 0 atom stereocenters. The van der Waals surface area contributed by atoms with Crippen molar-refractivity contribution < 1.29 is 18.3 Å². The molecule has 5 heterocycles. The number of pyridine rings is 2. The van der Waals surface area contributed by atoms with Gasteiger partial charge in [-0.25, -0.2) is 13.8 Å². The van der Waals surface area contributed by atoms with Crippen LogP contribution in [-0.2, 0) is 17.7 Å². The topological polar surface area (TPSA) is 67.4 Å². The average molecular weight is 477 g/mol. The molecule has 0 radical (unpaired) electrons. The van der Waals surface area contributed by atoms with E-state index in [2.05, 4.69) is 26.3 Å². The Kier molecular flexibility index (Phi) is 5.48. The van der Waals surface area contributed by atoms with Gasteiger partial charge in [0.1, 0.15) is 11.6 Å². The summed E-state index contributed by atoms with van der Waals surface area (Å²) < 4.78 is 34.5. The third-order valence-corrected chi connectivity index (χ3v) is 7.59. The van der Waals surface area contributed by atoms with Gasteiger partial charge in [0.2, 0.25) is 0 Å². The van der Waals surface area contributed by atoms with Crippen LogP contribution in [-0.4, -0.2) is 42.2 Å². The van der Waals surface area contributed by atoms with Gasteiger partial charge in [-0.2, -0.15) is 0 Å². The second-order valence-electron chi connectivity index (χ2n) is 9.74. The molecule has 6 rings (SSSR count). The number of nitrogens with one attached hydrogen (secondary N) is 1. The number of benzene rings is 1. The number of aromatic nitrogens is 2. The highest BCUT2D eigenvalue weighted by molar-refractivity contribution is 5.99. The van der Waals surface area contributed by atoms with E-state index in [0.29, 0.717) is 28.7 Å². The number of piperidine rings is 1. The van der Waals surface area contributed by atoms with Crippen molar-refractivity contribution >= 4 is 11.6 Å². The molecule has 0 aliphatic carbocycles. The summed E-state index contributed by atoms with van der Waals surface area (Å²) in [4.78, 5) is 23.9. The fourth-order valence-corrected chi connectivity index (χ4v) is 5.51. The maximum Gasteiger partial charge on any atom is 0.253 e. The Morgan fingerprint density at radius 1 is 1.06 bits per heavy atom. The van der Waals surface area contributed by atoms with E-state index in [9.17, 15) is 13.6 Å². The van der Waals surface area contributed by atoms with Crippen molar-refractivity contribution in [2.45, 2.75) is 32.2 Å². The molecule has 0 unspecified atom stereocenters. The first-order chi connectivity index (χ1) is 17.0. The van der Waals surface area contributed by atoms with Crippen LogP contribution >= 0.6 is 0 Å². The minimum absolute atomic E-state index is 0.181. The monoisotopic (exact) mass is 476 g/mol. The number of hydrogen-bond acceptors (Lipinski definition) is 5. The second kappa shape index (κ2) is 8.68. The zero-order valence-electron chi connectivity index (χ0n) is 19.3. The van der Waals surface area contributed by atoms with E-state index in [1.807, 2.05) is 12.3 Å². The van der Waals surface area contributed by atoms with Gasteiger partial charge in [-0.15, -0.1) is 0 Å². The van der Waals surface area contributed by atoms with Crippen molar-refractivity contribution in [1.29, 1.82) is 0 Å². The summed E-state index contributed by atoms with van der Waals surface area (Å²) in [6.45, 7) is 3.96. The fourth-order valence-electron chi connectivity index (χ4n) is 5.51. The van der Waals surface area contributed by atoms with Crippen molar-refractivity contribution in [3.05, 3.63) is 76.7 Å². The summed E-state index contributed by atoms with van der Waals surface area (Å²) in [7, 11) is 0. The molecule has 180 valence electrons. The second-order valence-corrected chi connectivity index (χ2v) is 9.74. The maximum atomic E-state index is 14.5. The molecule has 6 nitrogen and oxygen atoms in total. The van der Waals surface area contributed by atoms with Gasteiger partial charge in [0.25, 0.3) is 5.91 Å². The molecule has 1 spiro atoms. The Bertz CT molecular complexity index is 1260. The number of carbonyl (C=O) groups is 1. The van der Waals surface area contributed by atoms with Crippen molar-refractivity contribution in [1.82, 2.24) is 15.3 Å². The van der Waals surface area contributed by atoms with E-state index < -0.39 is 11.6 Å². The number of rotatable bonds is 4. The molecule has 35 heavy (non-hydrogen) atoms. The molecule has 1 N–H and O–H groups in total. The lowest BCUT2D eigenvalue weighted by atomic mass is 9.78. The average Bonchev–Trinajstić information content (AvgIpc) is 3.47. The Balaban J connectivity index is 1.26. The number of anilines is 1. The summed E-state index contributed by atoms with van der Waals surface area (Å²) in [6, 6.07) is 9.36. The van der Waals surface area contributed by atoms with Crippen molar-refractivity contribution in [2.75, 3.05) is 31.2 Å². The molecular weight excluding hydrogens is 450 g/mol. The first kappa shape index (κ1) is 22.1. The van der Waals surface area contributed by atoms with Gasteiger partial charge in [-0.1, -0.05) is 6.07 Å². The number of carbonyl (C=O) groups excluding carboxylic acids is 1. The molecule has 2 aromatic heterocycles. The molecule has 0 saturated carbocycles. The molecule has 3 aliphatic heterocycles. The zero-order valence-corrected chi connectivity index (χ0v) is 19.3. The quantitative estimate of drug-likeness (QED) is 0.610. The van der Waals surface area contributed by atoms with Crippen LogP contribution < -0.4 is 10.2 Å². The highest BCUT2D eigenvalue weighted by atomic mass is 19.1. The van der Waals surface area contributed by atoms with Gasteiger partial charge >= 0.3 is 0 Å². The van der Waals surface area contributed by atoms with Crippen LogP contribution in [0.4, 0.5) is 14.5 Å². The molecule has 2 fully saturated rings. The van der Waals surface area contributed by atoms with E-state index in [0.717, 1.165) is 56.9 Å². The number of ether oxygens (including phenoxy) is 1. The van der Waals surface area contributed by atoms with Crippen molar-refractivity contribution in [3.63, 3.8) is 0 Å². The van der Waals surface area contributed by atoms with E-state index >= 15 is 0 Å². The van der Waals surface area contributed by atoms with E-state index in [4.69, 9.17) is 4.74 Å². The maximum absolute atomic E-state index is 14.5. The summed E-state index contributed by atoms with van der Waals surface area (Å²) in [6.07, 6.45) is 5.64. The van der Waals surface area contributed by atoms with Crippen LogP contribution in [0.25, 0.3) is 11.3 Å². The van der Waals surface area contributed by atoms with Crippen LogP contribution in [0.15, 0.2) is 42.6 Å². The number of nitrogens with zero attached hydrogens (tertiary/aromatic N) is 3. The van der Waals surface area contributed by atoms with Gasteiger partial charge in [-0.3, -0.25) is 9.78 Å². The van der Waals surface area contributed by atoms with Crippen LogP contribution in [0.5, 0.6) is 0 Å². The van der Waals surface area contributed by atoms with Crippen LogP contribution in [0, 0.1) is 17.0 Å². The molecule has 3 aliphatic rings. The first-order valence-corrected chi connectivity index (χ1v) is 12.0. The van der Waals surface area contributed by atoms with Crippen LogP contribution in [0.3, 0.4) is 0 Å². The van der Waals surface area contributed by atoms with Crippen molar-refractivity contribution in [2.24, 2.45) is 5.41 Å².